The van der Waals surface area contributed by atoms with Crippen LogP contribution in [0.25, 0.3) is 0 Å². The average molecular weight is 242 g/mol. The molecular formula is C10H13NOSe. The van der Waals surface area contributed by atoms with Crippen LogP contribution in [-0.2, 0) is 4.74 Å². The predicted molar refractivity (Wildman–Crippen MR) is 53.4 cm³/mol. The fourth-order valence-electron chi connectivity index (χ4n) is 1.35. The molecule has 1 unspecified atom stereocenters. The van der Waals surface area contributed by atoms with Gasteiger partial charge in [-0.15, -0.1) is 0 Å². The second kappa shape index (κ2) is 4.75. The van der Waals surface area contributed by atoms with Crippen LogP contribution in [0.2, 0.25) is 5.32 Å². The van der Waals surface area contributed by atoms with Crippen LogP contribution in [0.3, 0.4) is 0 Å². The van der Waals surface area contributed by atoms with Crippen LogP contribution in [0.15, 0.2) is 24.4 Å². The van der Waals surface area contributed by atoms with Gasteiger partial charge >= 0.3 is 84.5 Å². The van der Waals surface area contributed by atoms with E-state index in [1.54, 1.807) is 0 Å². The summed E-state index contributed by atoms with van der Waals surface area (Å²) in [6.07, 6.45) is 3.12. The number of hydrogen-bond acceptors (Lipinski definition) is 2. The van der Waals surface area contributed by atoms with E-state index in [1.165, 1.54) is 16.3 Å². The van der Waals surface area contributed by atoms with Crippen molar-refractivity contribution in [2.24, 2.45) is 5.92 Å². The van der Waals surface area contributed by atoms with E-state index in [9.17, 15) is 0 Å². The molecule has 1 atom stereocenters. The van der Waals surface area contributed by atoms with Crippen LogP contribution < -0.4 is 4.59 Å². The molecule has 0 radical (unpaired) electrons. The quantitative estimate of drug-likeness (QED) is 0.734. The summed E-state index contributed by atoms with van der Waals surface area (Å²) in [5.74, 6) is 0.794. The SMILES string of the molecule is c1ccc([Se]CC2CCOC2)nc1. The molecule has 1 aromatic rings. The van der Waals surface area contributed by atoms with E-state index in [4.69, 9.17) is 4.74 Å². The van der Waals surface area contributed by atoms with Crippen molar-refractivity contribution in [3.63, 3.8) is 0 Å². The Morgan fingerprint density at radius 1 is 1.54 bits per heavy atom. The molecule has 0 aromatic carbocycles. The van der Waals surface area contributed by atoms with Gasteiger partial charge in [0.15, 0.2) is 0 Å². The Labute approximate surface area is 84.9 Å². The third-order valence-corrected chi connectivity index (χ3v) is 4.59. The maximum atomic E-state index is 5.34. The topological polar surface area (TPSA) is 22.1 Å². The van der Waals surface area contributed by atoms with Crippen molar-refractivity contribution in [2.45, 2.75) is 11.7 Å². The Morgan fingerprint density at radius 2 is 2.54 bits per heavy atom. The summed E-state index contributed by atoms with van der Waals surface area (Å²) in [5, 5.41) is 1.28. The number of nitrogens with zero attached hydrogens (tertiary/aromatic N) is 1. The third kappa shape index (κ3) is 2.80. The number of hydrogen-bond donors (Lipinski definition) is 0. The molecule has 0 N–H and O–H groups in total. The first kappa shape index (κ1) is 9.19. The fourth-order valence-corrected chi connectivity index (χ4v) is 3.41. The molecule has 0 aliphatic carbocycles. The van der Waals surface area contributed by atoms with Crippen molar-refractivity contribution in [3.05, 3.63) is 24.4 Å². The van der Waals surface area contributed by atoms with E-state index in [0.29, 0.717) is 15.0 Å². The average Bonchev–Trinajstić information content (AvgIpc) is 2.69. The summed E-state index contributed by atoms with van der Waals surface area (Å²) < 4.78 is 6.60. The standard InChI is InChI=1S/C10H13NOSe/c1-2-5-11-10(3-1)13-8-9-4-6-12-7-9/h1-3,5,9H,4,6-8H2. The molecule has 0 amide bonds. The van der Waals surface area contributed by atoms with Crippen molar-refractivity contribution in [2.75, 3.05) is 13.2 Å². The minimum atomic E-state index is 0.541. The van der Waals surface area contributed by atoms with Gasteiger partial charge in [0, 0.05) is 0 Å². The van der Waals surface area contributed by atoms with Crippen LogP contribution in [-0.4, -0.2) is 33.2 Å². The van der Waals surface area contributed by atoms with E-state index < -0.39 is 0 Å². The molecule has 1 fully saturated rings. The summed E-state index contributed by atoms with van der Waals surface area (Å²) >= 11 is 0.541. The molecule has 0 spiro atoms. The van der Waals surface area contributed by atoms with Gasteiger partial charge in [-0.1, -0.05) is 0 Å². The van der Waals surface area contributed by atoms with Crippen LogP contribution >= 0.6 is 0 Å². The summed E-state index contributed by atoms with van der Waals surface area (Å²) in [4.78, 5) is 4.33. The molecule has 1 aliphatic heterocycles. The van der Waals surface area contributed by atoms with E-state index in [1.807, 2.05) is 12.3 Å². The number of rotatable bonds is 3. The molecule has 3 heteroatoms. The van der Waals surface area contributed by atoms with Gasteiger partial charge in [-0.05, 0) is 0 Å². The molecule has 13 heavy (non-hydrogen) atoms. The number of aromatic nitrogens is 1. The second-order valence-electron chi connectivity index (χ2n) is 3.21. The first-order valence-corrected chi connectivity index (χ1v) is 6.63. The Balaban J connectivity index is 1.79. The maximum absolute atomic E-state index is 5.34. The van der Waals surface area contributed by atoms with Crippen molar-refractivity contribution >= 4 is 19.5 Å². The van der Waals surface area contributed by atoms with Crippen molar-refractivity contribution < 1.29 is 4.74 Å². The van der Waals surface area contributed by atoms with Gasteiger partial charge in [0.25, 0.3) is 0 Å². The zero-order valence-corrected chi connectivity index (χ0v) is 9.19. The van der Waals surface area contributed by atoms with Crippen LogP contribution in [0.5, 0.6) is 0 Å². The zero-order valence-electron chi connectivity index (χ0n) is 7.48. The normalized spacial score (nSPS) is 22.0. The van der Waals surface area contributed by atoms with E-state index in [0.717, 1.165) is 19.1 Å². The van der Waals surface area contributed by atoms with Gasteiger partial charge in [0.2, 0.25) is 0 Å². The van der Waals surface area contributed by atoms with Crippen molar-refractivity contribution in [1.82, 2.24) is 4.98 Å². The van der Waals surface area contributed by atoms with Crippen LogP contribution in [0.1, 0.15) is 6.42 Å². The van der Waals surface area contributed by atoms with Gasteiger partial charge in [-0.25, -0.2) is 0 Å². The zero-order chi connectivity index (χ0) is 8.93. The fraction of sp³-hybridized carbons (Fsp3) is 0.500. The van der Waals surface area contributed by atoms with E-state index in [-0.39, 0.29) is 0 Å². The van der Waals surface area contributed by atoms with Crippen LogP contribution in [0, 0.1) is 5.92 Å². The summed E-state index contributed by atoms with van der Waals surface area (Å²) in [6, 6.07) is 6.16. The monoisotopic (exact) mass is 243 g/mol. The second-order valence-corrected chi connectivity index (χ2v) is 5.39. The van der Waals surface area contributed by atoms with Gasteiger partial charge in [-0.2, -0.15) is 0 Å². The van der Waals surface area contributed by atoms with Gasteiger partial charge in [0.05, 0.1) is 0 Å². The van der Waals surface area contributed by atoms with Gasteiger partial charge in [-0.3, -0.25) is 0 Å². The first-order chi connectivity index (χ1) is 6.45. The molecule has 70 valence electrons. The van der Waals surface area contributed by atoms with Crippen molar-refractivity contribution in [1.29, 1.82) is 0 Å². The molecule has 1 aromatic heterocycles. The first-order valence-electron chi connectivity index (χ1n) is 4.57. The third-order valence-electron chi connectivity index (χ3n) is 2.13. The number of pyridine rings is 1. The Hall–Kier alpha value is -0.371. The Morgan fingerprint density at radius 3 is 3.23 bits per heavy atom. The van der Waals surface area contributed by atoms with E-state index in [2.05, 4.69) is 17.1 Å². The van der Waals surface area contributed by atoms with Gasteiger partial charge in [0.1, 0.15) is 0 Å². The molecule has 2 nitrogen and oxygen atoms in total. The molecule has 0 bridgehead atoms. The predicted octanol–water partition coefficient (Wildman–Crippen LogP) is 0.866. The Bertz CT molecular complexity index is 246. The molecule has 0 saturated carbocycles. The molecular weight excluding hydrogens is 229 g/mol. The van der Waals surface area contributed by atoms with Crippen molar-refractivity contribution in [3.8, 4) is 0 Å². The molecule has 2 heterocycles. The van der Waals surface area contributed by atoms with Crippen LogP contribution in [0.4, 0.5) is 0 Å². The van der Waals surface area contributed by atoms with E-state index >= 15 is 0 Å². The molecule has 1 aliphatic rings. The summed E-state index contributed by atoms with van der Waals surface area (Å²) in [5.41, 5.74) is 0. The molecule has 2 rings (SSSR count). The minimum absolute atomic E-state index is 0.541. The number of ether oxygens (including phenoxy) is 1. The van der Waals surface area contributed by atoms with Gasteiger partial charge < -0.3 is 0 Å². The summed E-state index contributed by atoms with van der Waals surface area (Å²) in [7, 11) is 0. The Kier molecular flexibility index (Phi) is 3.36. The summed E-state index contributed by atoms with van der Waals surface area (Å²) in [6.45, 7) is 1.93. The molecule has 1 saturated heterocycles.